The lowest BCUT2D eigenvalue weighted by atomic mass is 10.0. The summed E-state index contributed by atoms with van der Waals surface area (Å²) >= 11 is 6.13. The van der Waals surface area contributed by atoms with Crippen molar-refractivity contribution in [2.75, 3.05) is 19.5 Å². The second-order valence-electron chi connectivity index (χ2n) is 5.95. The van der Waals surface area contributed by atoms with Gasteiger partial charge in [-0.1, -0.05) is 29.8 Å². The molecule has 0 aliphatic carbocycles. The molecule has 0 bridgehead atoms. The van der Waals surface area contributed by atoms with Crippen molar-refractivity contribution in [3.05, 3.63) is 58.6 Å². The lowest BCUT2D eigenvalue weighted by Gasteiger charge is -2.18. The van der Waals surface area contributed by atoms with E-state index < -0.39 is 17.9 Å². The molecule has 0 unspecified atom stereocenters. The Morgan fingerprint density at radius 3 is 2.43 bits per heavy atom. The summed E-state index contributed by atoms with van der Waals surface area (Å²) in [5, 5.41) is 5.64. The van der Waals surface area contributed by atoms with Crippen LogP contribution in [0.3, 0.4) is 0 Å². The van der Waals surface area contributed by atoms with Gasteiger partial charge in [-0.05, 0) is 29.8 Å². The van der Waals surface area contributed by atoms with Crippen LogP contribution in [-0.4, -0.2) is 38.0 Å². The van der Waals surface area contributed by atoms with Crippen LogP contribution in [0.4, 0.5) is 5.69 Å². The molecule has 28 heavy (non-hydrogen) atoms. The normalized spacial score (nSPS) is 11.3. The average molecular weight is 405 g/mol. The van der Waals surface area contributed by atoms with Crippen molar-refractivity contribution in [1.29, 1.82) is 0 Å². The molecular formula is C20H21ClN2O5. The van der Waals surface area contributed by atoms with Crippen molar-refractivity contribution in [2.24, 2.45) is 0 Å². The van der Waals surface area contributed by atoms with Crippen LogP contribution in [0, 0.1) is 0 Å². The number of rotatable bonds is 7. The van der Waals surface area contributed by atoms with E-state index in [1.165, 1.54) is 21.1 Å². The summed E-state index contributed by atoms with van der Waals surface area (Å²) in [5.74, 6) is -0.914. The molecule has 0 spiro atoms. The van der Waals surface area contributed by atoms with Gasteiger partial charge in [-0.15, -0.1) is 0 Å². The number of nitrogens with one attached hydrogen (secondary N) is 2. The number of halogens is 1. The molecule has 2 aromatic carbocycles. The molecule has 148 valence electrons. The largest absolute Gasteiger partial charge is 0.495 e. The fraction of sp³-hybridized carbons (Fsp3) is 0.250. The van der Waals surface area contributed by atoms with Crippen LogP contribution in [0.15, 0.2) is 42.5 Å². The number of esters is 1. The number of hydrogen-bond acceptors (Lipinski definition) is 5. The first kappa shape index (κ1) is 21.2. The summed E-state index contributed by atoms with van der Waals surface area (Å²) in [6.45, 7) is 1.35. The van der Waals surface area contributed by atoms with Crippen molar-refractivity contribution < 1.29 is 23.9 Å². The van der Waals surface area contributed by atoms with Crippen molar-refractivity contribution >= 4 is 35.1 Å². The third-order valence-electron chi connectivity index (χ3n) is 3.93. The number of hydrogen-bond donors (Lipinski definition) is 2. The number of para-hydroxylation sites is 1. The average Bonchev–Trinajstić information content (AvgIpc) is 2.66. The molecule has 2 aromatic rings. The SMILES string of the molecule is COC(=O)[C@@H](Cc1ccc(OC)c(Cl)c1)NC(=O)c1ccccc1NC(C)=O. The molecule has 1 atom stereocenters. The molecule has 2 rings (SSSR count). The molecule has 0 fully saturated rings. The predicted octanol–water partition coefficient (Wildman–Crippen LogP) is 2.82. The highest BCUT2D eigenvalue weighted by molar-refractivity contribution is 6.32. The predicted molar refractivity (Wildman–Crippen MR) is 106 cm³/mol. The number of anilines is 1. The van der Waals surface area contributed by atoms with Crippen molar-refractivity contribution in [1.82, 2.24) is 5.32 Å². The fourth-order valence-electron chi connectivity index (χ4n) is 2.62. The van der Waals surface area contributed by atoms with Crippen LogP contribution in [0.25, 0.3) is 0 Å². The molecule has 2 N–H and O–H groups in total. The third kappa shape index (κ3) is 5.47. The smallest absolute Gasteiger partial charge is 0.328 e. The summed E-state index contributed by atoms with van der Waals surface area (Å²) in [4.78, 5) is 36.3. The molecule has 0 aliphatic heterocycles. The van der Waals surface area contributed by atoms with Gasteiger partial charge in [-0.25, -0.2) is 4.79 Å². The molecule has 0 heterocycles. The molecule has 2 amide bonds. The number of carbonyl (C=O) groups is 3. The highest BCUT2D eigenvalue weighted by Crippen LogP contribution is 2.25. The van der Waals surface area contributed by atoms with Crippen molar-refractivity contribution in [2.45, 2.75) is 19.4 Å². The maximum atomic E-state index is 12.7. The Morgan fingerprint density at radius 2 is 1.82 bits per heavy atom. The number of amides is 2. The van der Waals surface area contributed by atoms with Gasteiger partial charge in [0.25, 0.3) is 5.91 Å². The van der Waals surface area contributed by atoms with Gasteiger partial charge in [0.2, 0.25) is 5.91 Å². The number of methoxy groups -OCH3 is 2. The van der Waals surface area contributed by atoms with Crippen LogP contribution in [0.5, 0.6) is 5.75 Å². The van der Waals surface area contributed by atoms with E-state index in [4.69, 9.17) is 21.1 Å². The van der Waals surface area contributed by atoms with E-state index in [1.807, 2.05) is 0 Å². The Hall–Kier alpha value is -3.06. The summed E-state index contributed by atoms with van der Waals surface area (Å²) in [6, 6.07) is 10.7. The van der Waals surface area contributed by atoms with Crippen LogP contribution >= 0.6 is 11.6 Å². The van der Waals surface area contributed by atoms with Gasteiger partial charge in [-0.3, -0.25) is 9.59 Å². The van der Waals surface area contributed by atoms with E-state index in [0.29, 0.717) is 16.5 Å². The Kier molecular flexibility index (Phi) is 7.40. The molecule has 0 saturated carbocycles. The molecule has 8 heteroatoms. The number of ether oxygens (including phenoxy) is 2. The van der Waals surface area contributed by atoms with Gasteiger partial charge >= 0.3 is 5.97 Å². The third-order valence-corrected chi connectivity index (χ3v) is 4.22. The molecule has 0 aromatic heterocycles. The Balaban J connectivity index is 2.23. The van der Waals surface area contributed by atoms with Gasteiger partial charge in [0.05, 0.1) is 30.5 Å². The quantitative estimate of drug-likeness (QED) is 0.692. The summed E-state index contributed by atoms with van der Waals surface area (Å²) in [5.41, 5.74) is 1.31. The standard InChI is InChI=1S/C20H21ClN2O5/c1-12(24)22-16-7-5-4-6-14(16)19(25)23-17(20(26)28-3)11-13-8-9-18(27-2)15(21)10-13/h4-10,17H,11H2,1-3H3,(H,22,24)(H,23,25)/t17-/m1/s1. The number of benzene rings is 2. The van der Waals surface area contributed by atoms with Gasteiger partial charge < -0.3 is 20.1 Å². The van der Waals surface area contributed by atoms with Crippen LogP contribution < -0.4 is 15.4 Å². The molecule has 0 aliphatic rings. The molecular weight excluding hydrogens is 384 g/mol. The summed E-state index contributed by atoms with van der Waals surface area (Å²) in [6.07, 6.45) is 0.171. The van der Waals surface area contributed by atoms with E-state index in [1.54, 1.807) is 42.5 Å². The number of carbonyl (C=O) groups excluding carboxylic acids is 3. The zero-order valence-corrected chi connectivity index (χ0v) is 16.5. The summed E-state index contributed by atoms with van der Waals surface area (Å²) in [7, 11) is 2.75. The van der Waals surface area contributed by atoms with E-state index in [2.05, 4.69) is 10.6 Å². The lowest BCUT2D eigenvalue weighted by molar-refractivity contribution is -0.142. The van der Waals surface area contributed by atoms with E-state index in [9.17, 15) is 14.4 Å². The second kappa shape index (κ2) is 9.75. The molecule has 7 nitrogen and oxygen atoms in total. The fourth-order valence-corrected chi connectivity index (χ4v) is 2.90. The maximum absolute atomic E-state index is 12.7. The lowest BCUT2D eigenvalue weighted by Crippen LogP contribution is -2.43. The van der Waals surface area contributed by atoms with Gasteiger partial charge in [0.15, 0.2) is 0 Å². The van der Waals surface area contributed by atoms with Crippen LogP contribution in [0.2, 0.25) is 5.02 Å². The van der Waals surface area contributed by atoms with Crippen molar-refractivity contribution in [3.8, 4) is 5.75 Å². The Bertz CT molecular complexity index is 885. The van der Waals surface area contributed by atoms with Gasteiger partial charge in [0.1, 0.15) is 11.8 Å². The maximum Gasteiger partial charge on any atom is 0.328 e. The Labute approximate surface area is 168 Å². The minimum absolute atomic E-state index is 0.171. The first-order valence-electron chi connectivity index (χ1n) is 8.43. The topological polar surface area (TPSA) is 93.7 Å². The monoisotopic (exact) mass is 404 g/mol. The molecule has 0 saturated heterocycles. The zero-order chi connectivity index (χ0) is 20.7. The van der Waals surface area contributed by atoms with Crippen LogP contribution in [-0.2, 0) is 20.7 Å². The highest BCUT2D eigenvalue weighted by Gasteiger charge is 2.24. The molecule has 0 radical (unpaired) electrons. The first-order valence-corrected chi connectivity index (χ1v) is 8.81. The van der Waals surface area contributed by atoms with E-state index >= 15 is 0 Å². The minimum Gasteiger partial charge on any atom is -0.495 e. The minimum atomic E-state index is -0.938. The zero-order valence-electron chi connectivity index (χ0n) is 15.7. The Morgan fingerprint density at radius 1 is 1.11 bits per heavy atom. The van der Waals surface area contributed by atoms with E-state index in [0.717, 1.165) is 5.56 Å². The van der Waals surface area contributed by atoms with Gasteiger partial charge in [0, 0.05) is 13.3 Å². The second-order valence-corrected chi connectivity index (χ2v) is 6.36. The van der Waals surface area contributed by atoms with Gasteiger partial charge in [-0.2, -0.15) is 0 Å². The van der Waals surface area contributed by atoms with Crippen molar-refractivity contribution in [3.63, 3.8) is 0 Å². The summed E-state index contributed by atoms with van der Waals surface area (Å²) < 4.78 is 9.92. The van der Waals surface area contributed by atoms with Crippen LogP contribution in [0.1, 0.15) is 22.8 Å². The first-order chi connectivity index (χ1) is 13.3. The van der Waals surface area contributed by atoms with E-state index in [-0.39, 0.29) is 17.9 Å². The highest BCUT2D eigenvalue weighted by atomic mass is 35.5.